The summed E-state index contributed by atoms with van der Waals surface area (Å²) in [5.41, 5.74) is 0. The van der Waals surface area contributed by atoms with Gasteiger partial charge >= 0.3 is 19.8 Å². The van der Waals surface area contributed by atoms with Crippen LogP contribution in [0.1, 0.15) is 142 Å². The quantitative estimate of drug-likeness (QED) is 0.0172. The first-order valence-electron chi connectivity index (χ1n) is 18.9. The van der Waals surface area contributed by atoms with Crippen molar-refractivity contribution in [2.24, 2.45) is 0 Å². The molecule has 0 saturated heterocycles. The van der Waals surface area contributed by atoms with Crippen LogP contribution in [0, 0.1) is 0 Å². The van der Waals surface area contributed by atoms with Crippen LogP contribution in [0.2, 0.25) is 0 Å². The summed E-state index contributed by atoms with van der Waals surface area (Å²) in [4.78, 5) is 42.5. The Bertz CT molecular complexity index is 1080. The number of unbranched alkanes of at least 4 members (excludes halogenated alkanes) is 12. The van der Waals surface area contributed by atoms with Gasteiger partial charge in [-0.25, -0.2) is 9.36 Å². The Morgan fingerprint density at radius 2 is 1.10 bits per heavy atom. The Morgan fingerprint density at radius 3 is 1.64 bits per heavy atom. The lowest BCUT2D eigenvalue weighted by Gasteiger charge is -2.17. The zero-order valence-electron chi connectivity index (χ0n) is 31.0. The molecule has 50 heavy (non-hydrogen) atoms. The summed E-state index contributed by atoms with van der Waals surface area (Å²) in [7, 11) is -4.79. The molecule has 0 rings (SSSR count). The monoisotopic (exact) mass is 718 g/mol. The molecule has 2 N–H and O–H groups in total. The highest BCUT2D eigenvalue weighted by molar-refractivity contribution is 7.46. The summed E-state index contributed by atoms with van der Waals surface area (Å²) < 4.78 is 26.1. The molecule has 8 nitrogen and oxygen atoms in total. The first-order chi connectivity index (χ1) is 24.3. The summed E-state index contributed by atoms with van der Waals surface area (Å²) in [5.74, 6) is -1.21. The van der Waals surface area contributed by atoms with Gasteiger partial charge in [-0.3, -0.25) is 9.32 Å². The molecule has 0 aromatic carbocycles. The number of rotatable bonds is 33. The van der Waals surface area contributed by atoms with Gasteiger partial charge in [0.25, 0.3) is 0 Å². The molecule has 0 spiro atoms. The van der Waals surface area contributed by atoms with E-state index in [1.807, 2.05) is 12.2 Å². The molecule has 0 unspecified atom stereocenters. The first kappa shape index (κ1) is 47.2. The van der Waals surface area contributed by atoms with E-state index < -0.39 is 32.5 Å². The molecular formula is C41H67O8P. The lowest BCUT2D eigenvalue weighted by molar-refractivity contribution is -0.157. The van der Waals surface area contributed by atoms with Gasteiger partial charge < -0.3 is 19.3 Å². The van der Waals surface area contributed by atoms with Crippen LogP contribution in [0.4, 0.5) is 0 Å². The zero-order valence-corrected chi connectivity index (χ0v) is 31.9. The van der Waals surface area contributed by atoms with Gasteiger partial charge in [0.05, 0.1) is 6.61 Å². The molecule has 0 aliphatic rings. The number of esters is 2. The highest BCUT2D eigenvalue weighted by Crippen LogP contribution is 2.35. The maximum atomic E-state index is 12.2. The second kappa shape index (κ2) is 36.0. The van der Waals surface area contributed by atoms with E-state index in [2.05, 4.69) is 73.1 Å². The van der Waals surface area contributed by atoms with Crippen molar-refractivity contribution >= 4 is 19.8 Å². The van der Waals surface area contributed by atoms with E-state index in [4.69, 9.17) is 19.3 Å². The lowest BCUT2D eigenvalue weighted by Crippen LogP contribution is -2.29. The predicted octanol–water partition coefficient (Wildman–Crippen LogP) is 11.3. The van der Waals surface area contributed by atoms with Gasteiger partial charge in [-0.05, 0) is 57.8 Å². The van der Waals surface area contributed by atoms with E-state index in [0.29, 0.717) is 12.8 Å². The normalized spacial score (nSPS) is 13.4. The second-order valence-corrected chi connectivity index (χ2v) is 13.5. The number of allylic oxidation sites excluding steroid dienone is 13. The number of ether oxygens (including phenoxy) is 2. The van der Waals surface area contributed by atoms with Crippen LogP contribution in [0.15, 0.2) is 85.1 Å². The van der Waals surface area contributed by atoms with Crippen molar-refractivity contribution in [2.75, 3.05) is 13.2 Å². The molecule has 0 radical (unpaired) electrons. The first-order valence-corrected chi connectivity index (χ1v) is 20.5. The molecule has 0 fully saturated rings. The van der Waals surface area contributed by atoms with Gasteiger partial charge in [-0.2, -0.15) is 0 Å². The summed E-state index contributed by atoms with van der Waals surface area (Å²) in [5, 5.41) is 0. The van der Waals surface area contributed by atoms with Gasteiger partial charge in [-0.1, -0.05) is 157 Å². The minimum absolute atomic E-state index is 0.165. The topological polar surface area (TPSA) is 119 Å². The molecule has 0 amide bonds. The van der Waals surface area contributed by atoms with E-state index in [0.717, 1.165) is 44.9 Å². The number of carbonyl (C=O) groups is 2. The molecule has 9 heteroatoms. The van der Waals surface area contributed by atoms with Gasteiger partial charge in [0, 0.05) is 12.5 Å². The van der Waals surface area contributed by atoms with Crippen LogP contribution in [-0.2, 0) is 28.2 Å². The lowest BCUT2D eigenvalue weighted by atomic mass is 10.1. The third kappa shape index (κ3) is 38.0. The minimum atomic E-state index is -4.79. The number of phosphoric acid groups is 1. The van der Waals surface area contributed by atoms with Crippen LogP contribution in [0.25, 0.3) is 0 Å². The Kier molecular flexibility index (Phi) is 34.0. The number of hydrogen-bond donors (Lipinski definition) is 2. The summed E-state index contributed by atoms with van der Waals surface area (Å²) in [6.07, 6.45) is 48.0. The molecule has 0 saturated carbocycles. The van der Waals surface area contributed by atoms with Crippen LogP contribution in [0.3, 0.4) is 0 Å². The fraction of sp³-hybridized carbons (Fsp3) is 0.610. The third-order valence-corrected chi connectivity index (χ3v) is 7.99. The molecule has 284 valence electrons. The van der Waals surface area contributed by atoms with Crippen LogP contribution >= 0.6 is 7.82 Å². The Hall–Kier alpha value is -2.77. The van der Waals surface area contributed by atoms with Crippen molar-refractivity contribution < 1.29 is 37.9 Å². The minimum Gasteiger partial charge on any atom is -0.462 e. The molecule has 0 aromatic heterocycles. The standard InChI is InChI=1S/C41H67O8P/c1-3-5-7-9-11-13-15-17-19-20-22-23-25-27-29-31-33-35-40(42)47-37-39(38-48-50(44,45)46)49-41(43)36-34-32-30-28-26-24-21-18-16-14-12-10-8-6-4-2/h5,7,11,13,17,19,22-23,27,29-30,32,34,36,39H,3-4,6,8-10,12,14-16,18,20-21,24-26,28,31,33,35,37-38H2,1-2H3,(H2,44,45,46)/b7-5+,13-11+,19-17+,23-22+,29-27+,32-30+,36-34+/t39-/m1/s1. The Balaban J connectivity index is 4.19. The SMILES string of the molecule is CC/C=C/C/C=C/C/C=C/C/C=C/C/C=C/CCCC(=O)OC[C@H](COP(=O)(O)O)OC(=O)/C=C/C=C/CCCCCCCCCCCCC. The average molecular weight is 719 g/mol. The van der Waals surface area contributed by atoms with Crippen molar-refractivity contribution in [1.29, 1.82) is 0 Å². The maximum absolute atomic E-state index is 12.2. The summed E-state index contributed by atoms with van der Waals surface area (Å²) in [6.45, 7) is 3.40. The molecule has 0 bridgehead atoms. The number of carbonyl (C=O) groups excluding carboxylic acids is 2. The second-order valence-electron chi connectivity index (χ2n) is 12.2. The molecule has 0 aromatic rings. The number of phosphoric ester groups is 1. The van der Waals surface area contributed by atoms with Gasteiger partial charge in [0.15, 0.2) is 6.10 Å². The zero-order chi connectivity index (χ0) is 36.8. The molecule has 0 aliphatic carbocycles. The average Bonchev–Trinajstić information content (AvgIpc) is 3.08. The molecule has 1 atom stereocenters. The largest absolute Gasteiger partial charge is 0.469 e. The maximum Gasteiger partial charge on any atom is 0.469 e. The van der Waals surface area contributed by atoms with E-state index in [9.17, 15) is 14.2 Å². The van der Waals surface area contributed by atoms with E-state index >= 15 is 0 Å². The summed E-state index contributed by atoms with van der Waals surface area (Å²) >= 11 is 0. The van der Waals surface area contributed by atoms with Crippen molar-refractivity contribution in [1.82, 2.24) is 0 Å². The van der Waals surface area contributed by atoms with Gasteiger partial charge in [0.2, 0.25) is 0 Å². The smallest absolute Gasteiger partial charge is 0.462 e. The fourth-order valence-corrected chi connectivity index (χ4v) is 5.09. The number of hydrogen-bond acceptors (Lipinski definition) is 6. The van der Waals surface area contributed by atoms with Gasteiger partial charge in [-0.15, -0.1) is 0 Å². The van der Waals surface area contributed by atoms with Crippen LogP contribution < -0.4 is 0 Å². The highest BCUT2D eigenvalue weighted by Gasteiger charge is 2.22. The van der Waals surface area contributed by atoms with Crippen molar-refractivity contribution in [3.8, 4) is 0 Å². The Morgan fingerprint density at radius 1 is 0.600 bits per heavy atom. The molecule has 0 aliphatic heterocycles. The predicted molar refractivity (Wildman–Crippen MR) is 207 cm³/mol. The van der Waals surface area contributed by atoms with Crippen molar-refractivity contribution in [2.45, 2.75) is 148 Å². The highest BCUT2D eigenvalue weighted by atomic mass is 31.2. The van der Waals surface area contributed by atoms with Crippen LogP contribution in [-0.4, -0.2) is 41.0 Å². The van der Waals surface area contributed by atoms with Crippen molar-refractivity contribution in [3.63, 3.8) is 0 Å². The third-order valence-electron chi connectivity index (χ3n) is 7.50. The molecular weight excluding hydrogens is 651 g/mol. The van der Waals surface area contributed by atoms with E-state index in [1.54, 1.807) is 12.2 Å². The fourth-order valence-electron chi connectivity index (χ4n) is 4.73. The van der Waals surface area contributed by atoms with Gasteiger partial charge in [0.1, 0.15) is 6.61 Å². The van der Waals surface area contributed by atoms with Crippen molar-refractivity contribution in [3.05, 3.63) is 85.1 Å². The van der Waals surface area contributed by atoms with Crippen LogP contribution in [0.5, 0.6) is 0 Å². The summed E-state index contributed by atoms with van der Waals surface area (Å²) in [6, 6.07) is 0. The van der Waals surface area contributed by atoms with E-state index in [-0.39, 0.29) is 13.0 Å². The molecule has 0 heterocycles. The van der Waals surface area contributed by atoms with E-state index in [1.165, 1.54) is 70.3 Å². The Labute approximate surface area is 303 Å².